The van der Waals surface area contributed by atoms with Gasteiger partial charge in [-0.25, -0.2) is 9.69 Å². The fourth-order valence-electron chi connectivity index (χ4n) is 2.98. The van der Waals surface area contributed by atoms with Gasteiger partial charge in [0, 0.05) is 8.95 Å². The molecule has 7 nitrogen and oxygen atoms in total. The van der Waals surface area contributed by atoms with Crippen molar-refractivity contribution in [3.8, 4) is 23.8 Å². The first-order chi connectivity index (χ1) is 15.3. The molecule has 1 heterocycles. The number of nitrogens with one attached hydrogen (secondary N) is 1. The number of imide groups is 2. The number of rotatable bonds is 6. The van der Waals surface area contributed by atoms with E-state index in [2.05, 4.69) is 43.1 Å². The molecule has 1 aliphatic heterocycles. The lowest BCUT2D eigenvalue weighted by Gasteiger charge is -2.27. The summed E-state index contributed by atoms with van der Waals surface area (Å²) in [7, 11) is 0. The molecule has 32 heavy (non-hydrogen) atoms. The summed E-state index contributed by atoms with van der Waals surface area (Å²) in [5.41, 5.74) is 1.46. The number of benzene rings is 2. The van der Waals surface area contributed by atoms with E-state index < -0.39 is 17.8 Å². The third-order valence-corrected chi connectivity index (χ3v) is 6.05. The van der Waals surface area contributed by atoms with Gasteiger partial charge in [0.25, 0.3) is 11.8 Å². The quantitative estimate of drug-likeness (QED) is 0.316. The number of nitrogens with zero attached hydrogens (tertiary/aromatic N) is 1. The average Bonchev–Trinajstić information content (AvgIpc) is 2.74. The zero-order chi connectivity index (χ0) is 23.4. The van der Waals surface area contributed by atoms with E-state index in [1.165, 1.54) is 6.08 Å². The van der Waals surface area contributed by atoms with Gasteiger partial charge in [0.1, 0.15) is 12.2 Å². The van der Waals surface area contributed by atoms with E-state index in [9.17, 15) is 14.4 Å². The minimum absolute atomic E-state index is 0.0531. The van der Waals surface area contributed by atoms with Gasteiger partial charge >= 0.3 is 6.03 Å². The number of hydrogen-bond donors (Lipinski definition) is 1. The van der Waals surface area contributed by atoms with E-state index in [0.29, 0.717) is 33.8 Å². The zero-order valence-corrected chi connectivity index (χ0v) is 20.4. The van der Waals surface area contributed by atoms with Crippen molar-refractivity contribution in [2.75, 3.05) is 18.1 Å². The molecular formula is C23H18Br2N2O5. The molecule has 4 amide bonds. The first-order valence-electron chi connectivity index (χ1n) is 9.47. The van der Waals surface area contributed by atoms with Crippen molar-refractivity contribution >= 4 is 61.5 Å². The molecule has 0 bridgehead atoms. The van der Waals surface area contributed by atoms with Crippen LogP contribution < -0.4 is 19.7 Å². The minimum atomic E-state index is -0.814. The van der Waals surface area contributed by atoms with E-state index in [4.69, 9.17) is 15.9 Å². The Morgan fingerprint density at radius 2 is 1.81 bits per heavy atom. The summed E-state index contributed by atoms with van der Waals surface area (Å²) in [5, 5.41) is 2.22. The Balaban J connectivity index is 2.04. The number of terminal acetylenes is 1. The van der Waals surface area contributed by atoms with E-state index in [1.54, 1.807) is 30.3 Å². The van der Waals surface area contributed by atoms with Crippen molar-refractivity contribution in [3.63, 3.8) is 0 Å². The fourth-order valence-corrected chi connectivity index (χ4v) is 3.66. The van der Waals surface area contributed by atoms with Crippen LogP contribution in [0.4, 0.5) is 10.5 Å². The first-order valence-corrected chi connectivity index (χ1v) is 11.1. The lowest BCUT2D eigenvalue weighted by molar-refractivity contribution is -0.122. The van der Waals surface area contributed by atoms with Crippen LogP contribution in [-0.4, -0.2) is 31.1 Å². The smallest absolute Gasteiger partial charge is 0.335 e. The van der Waals surface area contributed by atoms with Gasteiger partial charge in [0.15, 0.2) is 11.5 Å². The molecule has 0 aromatic heterocycles. The molecule has 0 saturated carbocycles. The van der Waals surface area contributed by atoms with Gasteiger partial charge in [-0.2, -0.15) is 0 Å². The molecule has 1 aliphatic rings. The molecule has 0 unspecified atom stereocenters. The Kier molecular flexibility index (Phi) is 7.38. The first kappa shape index (κ1) is 23.6. The molecule has 2 aromatic carbocycles. The van der Waals surface area contributed by atoms with Crippen LogP contribution in [0.5, 0.6) is 11.5 Å². The molecule has 1 saturated heterocycles. The highest BCUT2D eigenvalue weighted by Gasteiger charge is 2.37. The molecule has 164 valence electrons. The second kappa shape index (κ2) is 10.0. The summed E-state index contributed by atoms with van der Waals surface area (Å²) < 4.78 is 12.5. The molecule has 9 heteroatoms. The predicted molar refractivity (Wildman–Crippen MR) is 128 cm³/mol. The van der Waals surface area contributed by atoms with Gasteiger partial charge < -0.3 is 9.47 Å². The standard InChI is InChI=1S/C23H18Br2N2O5/c1-4-8-32-20-12-18(25)14(11-19(20)31-5-2)10-16-21(28)26-23(30)27(22(16)29)15-6-7-17(24)13(3)9-15/h1,6-7,9-12H,5,8H2,2-3H3,(H,26,28,30)/b16-10+. The van der Waals surface area contributed by atoms with Crippen LogP contribution in [0.1, 0.15) is 18.1 Å². The molecule has 3 rings (SSSR count). The number of halogens is 2. The number of anilines is 1. The number of barbiturate groups is 1. The predicted octanol–water partition coefficient (Wildman–Crippen LogP) is 4.60. The van der Waals surface area contributed by atoms with Crippen molar-refractivity contribution in [1.82, 2.24) is 5.32 Å². The number of amides is 4. The Bertz CT molecular complexity index is 1180. The third kappa shape index (κ3) is 4.87. The normalized spacial score (nSPS) is 14.9. The Hall–Kier alpha value is -3.09. The zero-order valence-electron chi connectivity index (χ0n) is 17.2. The maximum absolute atomic E-state index is 13.1. The highest BCUT2D eigenvalue weighted by atomic mass is 79.9. The number of urea groups is 1. The summed E-state index contributed by atoms with van der Waals surface area (Å²) in [5.74, 6) is 1.68. The molecular weight excluding hydrogens is 544 g/mol. The fraction of sp³-hybridized carbons (Fsp3) is 0.174. The molecule has 0 aliphatic carbocycles. The van der Waals surface area contributed by atoms with Gasteiger partial charge in [-0.15, -0.1) is 6.42 Å². The molecule has 1 N–H and O–H groups in total. The summed E-state index contributed by atoms with van der Waals surface area (Å²) in [6.45, 7) is 4.07. The van der Waals surface area contributed by atoms with E-state index in [-0.39, 0.29) is 12.2 Å². The van der Waals surface area contributed by atoms with E-state index in [1.807, 2.05) is 13.8 Å². The summed E-state index contributed by atoms with van der Waals surface area (Å²) in [6, 6.07) is 7.47. The largest absolute Gasteiger partial charge is 0.490 e. The van der Waals surface area contributed by atoms with Crippen LogP contribution in [0.25, 0.3) is 6.08 Å². The second-order valence-electron chi connectivity index (χ2n) is 6.64. The number of hydrogen-bond acceptors (Lipinski definition) is 5. The van der Waals surface area contributed by atoms with E-state index >= 15 is 0 Å². The van der Waals surface area contributed by atoms with E-state index in [0.717, 1.165) is 14.9 Å². The van der Waals surface area contributed by atoms with Gasteiger partial charge in [0.05, 0.1) is 12.3 Å². The van der Waals surface area contributed by atoms with Crippen molar-refractivity contribution < 1.29 is 23.9 Å². The topological polar surface area (TPSA) is 84.9 Å². The molecule has 0 atom stereocenters. The van der Waals surface area contributed by atoms with Gasteiger partial charge in [-0.3, -0.25) is 14.9 Å². The van der Waals surface area contributed by atoms with Crippen LogP contribution in [-0.2, 0) is 9.59 Å². The highest BCUT2D eigenvalue weighted by molar-refractivity contribution is 9.10. The Labute approximate surface area is 202 Å². The van der Waals surface area contributed by atoms with Crippen molar-refractivity contribution in [3.05, 3.63) is 56.0 Å². The summed E-state index contributed by atoms with van der Waals surface area (Å²) >= 11 is 6.81. The van der Waals surface area contributed by atoms with Crippen molar-refractivity contribution in [1.29, 1.82) is 0 Å². The number of carbonyl (C=O) groups excluding carboxylic acids is 3. The number of aryl methyl sites for hydroxylation is 1. The highest BCUT2D eigenvalue weighted by Crippen LogP contribution is 2.35. The Morgan fingerprint density at radius 3 is 2.47 bits per heavy atom. The second-order valence-corrected chi connectivity index (χ2v) is 8.35. The van der Waals surface area contributed by atoms with Gasteiger partial charge in [0.2, 0.25) is 0 Å². The van der Waals surface area contributed by atoms with Crippen LogP contribution in [0.2, 0.25) is 0 Å². The van der Waals surface area contributed by atoms with Crippen LogP contribution in [0.15, 0.2) is 44.9 Å². The summed E-state index contributed by atoms with van der Waals surface area (Å²) in [6.07, 6.45) is 6.65. The molecule has 0 spiro atoms. The van der Waals surface area contributed by atoms with Crippen LogP contribution in [0, 0.1) is 19.3 Å². The monoisotopic (exact) mass is 560 g/mol. The van der Waals surface area contributed by atoms with Gasteiger partial charge in [-0.05, 0) is 61.4 Å². The average molecular weight is 562 g/mol. The van der Waals surface area contributed by atoms with Crippen molar-refractivity contribution in [2.24, 2.45) is 0 Å². The molecule has 2 aromatic rings. The third-order valence-electron chi connectivity index (χ3n) is 4.48. The molecule has 1 fully saturated rings. The maximum atomic E-state index is 13.1. The van der Waals surface area contributed by atoms with Crippen LogP contribution >= 0.6 is 31.9 Å². The minimum Gasteiger partial charge on any atom is -0.490 e. The lowest BCUT2D eigenvalue weighted by atomic mass is 10.1. The Morgan fingerprint density at radius 1 is 1.09 bits per heavy atom. The molecule has 0 radical (unpaired) electrons. The SMILES string of the molecule is C#CCOc1cc(Br)c(/C=C2\C(=O)NC(=O)N(c3ccc(Br)c(C)c3)C2=O)cc1OCC. The number of carbonyl (C=O) groups is 3. The van der Waals surface area contributed by atoms with Crippen molar-refractivity contribution in [2.45, 2.75) is 13.8 Å². The lowest BCUT2D eigenvalue weighted by Crippen LogP contribution is -2.54. The maximum Gasteiger partial charge on any atom is 0.335 e. The summed E-state index contributed by atoms with van der Waals surface area (Å²) in [4.78, 5) is 39.0. The number of ether oxygens (including phenoxy) is 2. The van der Waals surface area contributed by atoms with Crippen LogP contribution in [0.3, 0.4) is 0 Å². The van der Waals surface area contributed by atoms with Gasteiger partial charge in [-0.1, -0.05) is 37.8 Å².